The van der Waals surface area contributed by atoms with E-state index >= 15 is 0 Å². The summed E-state index contributed by atoms with van der Waals surface area (Å²) in [6.07, 6.45) is 1.26. The Hall–Kier alpha value is -1.35. The Morgan fingerprint density at radius 3 is 2.67 bits per heavy atom. The summed E-state index contributed by atoms with van der Waals surface area (Å²) in [5, 5.41) is 0. The van der Waals surface area contributed by atoms with E-state index < -0.39 is 0 Å². The summed E-state index contributed by atoms with van der Waals surface area (Å²) < 4.78 is 10.0. The highest BCUT2D eigenvalue weighted by molar-refractivity contribution is 5.69. The van der Waals surface area contributed by atoms with Crippen molar-refractivity contribution in [2.24, 2.45) is 0 Å². The van der Waals surface area contributed by atoms with Gasteiger partial charge in [0.05, 0.1) is 6.61 Å². The van der Waals surface area contributed by atoms with Crippen LogP contribution in [0.15, 0.2) is 30.3 Å². The minimum absolute atomic E-state index is 0.0354. The molecule has 15 heavy (non-hydrogen) atoms. The molecule has 0 atom stereocenters. The van der Waals surface area contributed by atoms with E-state index in [2.05, 4.69) is 0 Å². The van der Waals surface area contributed by atoms with Crippen molar-refractivity contribution < 1.29 is 14.3 Å². The van der Waals surface area contributed by atoms with Gasteiger partial charge in [0.15, 0.2) is 6.79 Å². The Bertz CT molecular complexity index is 282. The molecule has 0 aromatic heterocycles. The van der Waals surface area contributed by atoms with Gasteiger partial charge in [-0.15, -0.1) is 0 Å². The van der Waals surface area contributed by atoms with Crippen molar-refractivity contribution in [2.75, 3.05) is 6.79 Å². The number of hydrogen-bond donors (Lipinski definition) is 0. The molecular formula is C12H16O3. The molecule has 3 heteroatoms. The summed E-state index contributed by atoms with van der Waals surface area (Å²) in [6, 6.07) is 9.77. The minimum atomic E-state index is -0.203. The number of ether oxygens (including phenoxy) is 2. The Kier molecular flexibility index (Phi) is 5.48. The third-order valence-electron chi connectivity index (χ3n) is 1.87. The molecule has 0 heterocycles. The molecule has 3 nitrogen and oxygen atoms in total. The van der Waals surface area contributed by atoms with Crippen LogP contribution in [0.1, 0.15) is 25.3 Å². The van der Waals surface area contributed by atoms with Crippen LogP contribution in [0.25, 0.3) is 0 Å². The predicted octanol–water partition coefficient (Wildman–Crippen LogP) is 2.50. The average Bonchev–Trinajstić information content (AvgIpc) is 2.26. The number of hydrogen-bond acceptors (Lipinski definition) is 3. The number of carbonyl (C=O) groups excluding carboxylic acids is 1. The van der Waals surface area contributed by atoms with E-state index in [0.717, 1.165) is 12.0 Å². The molecule has 0 fully saturated rings. The first kappa shape index (κ1) is 11.7. The largest absolute Gasteiger partial charge is 0.438 e. The molecule has 0 aliphatic heterocycles. The standard InChI is InChI=1S/C12H16O3/c1-2-6-12(13)15-10-14-9-11-7-4-3-5-8-11/h3-5,7-8H,2,6,9-10H2,1H3. The molecule has 0 spiro atoms. The molecule has 0 radical (unpaired) electrons. The lowest BCUT2D eigenvalue weighted by Crippen LogP contribution is -2.07. The molecule has 82 valence electrons. The smallest absolute Gasteiger partial charge is 0.307 e. The van der Waals surface area contributed by atoms with Crippen LogP contribution in [0.5, 0.6) is 0 Å². The van der Waals surface area contributed by atoms with Crippen molar-refractivity contribution in [1.82, 2.24) is 0 Å². The molecule has 0 aliphatic rings. The van der Waals surface area contributed by atoms with Crippen molar-refractivity contribution in [3.63, 3.8) is 0 Å². The van der Waals surface area contributed by atoms with Crippen LogP contribution >= 0.6 is 0 Å². The molecule has 1 aromatic rings. The van der Waals surface area contributed by atoms with Gasteiger partial charge in [0.25, 0.3) is 0 Å². The zero-order valence-corrected chi connectivity index (χ0v) is 8.94. The lowest BCUT2D eigenvalue weighted by molar-refractivity contribution is -0.157. The first-order valence-electron chi connectivity index (χ1n) is 5.10. The first-order chi connectivity index (χ1) is 7.33. The van der Waals surface area contributed by atoms with Crippen molar-refractivity contribution in [3.05, 3.63) is 35.9 Å². The zero-order valence-electron chi connectivity index (χ0n) is 8.94. The number of esters is 1. The Balaban J connectivity index is 2.10. The van der Waals surface area contributed by atoms with Gasteiger partial charge in [0.2, 0.25) is 0 Å². The van der Waals surface area contributed by atoms with Gasteiger partial charge in [-0.2, -0.15) is 0 Å². The lowest BCUT2D eigenvalue weighted by Gasteiger charge is -2.05. The van der Waals surface area contributed by atoms with E-state index in [9.17, 15) is 4.79 Å². The quantitative estimate of drug-likeness (QED) is 0.409. The summed E-state index contributed by atoms with van der Waals surface area (Å²) in [7, 11) is 0. The Morgan fingerprint density at radius 2 is 2.00 bits per heavy atom. The van der Waals surface area contributed by atoms with Gasteiger partial charge in [-0.1, -0.05) is 37.3 Å². The Morgan fingerprint density at radius 1 is 1.27 bits per heavy atom. The molecule has 0 saturated heterocycles. The van der Waals surface area contributed by atoms with Crippen LogP contribution in [0.2, 0.25) is 0 Å². The monoisotopic (exact) mass is 208 g/mol. The van der Waals surface area contributed by atoms with Crippen LogP contribution in [0.3, 0.4) is 0 Å². The van der Waals surface area contributed by atoms with Crippen molar-refractivity contribution in [3.8, 4) is 0 Å². The second-order valence-electron chi connectivity index (χ2n) is 3.22. The van der Waals surface area contributed by atoms with Crippen molar-refractivity contribution in [1.29, 1.82) is 0 Å². The van der Waals surface area contributed by atoms with E-state index in [0.29, 0.717) is 13.0 Å². The Labute approximate surface area is 90.0 Å². The van der Waals surface area contributed by atoms with Crippen molar-refractivity contribution in [2.45, 2.75) is 26.4 Å². The van der Waals surface area contributed by atoms with E-state index in [1.165, 1.54) is 0 Å². The molecule has 0 unspecified atom stereocenters. The fraction of sp³-hybridized carbons (Fsp3) is 0.417. The summed E-state index contributed by atoms with van der Waals surface area (Å²) >= 11 is 0. The van der Waals surface area contributed by atoms with Gasteiger partial charge in [-0.3, -0.25) is 4.79 Å². The van der Waals surface area contributed by atoms with Crippen molar-refractivity contribution >= 4 is 5.97 Å². The third-order valence-corrected chi connectivity index (χ3v) is 1.87. The second-order valence-corrected chi connectivity index (χ2v) is 3.22. The zero-order chi connectivity index (χ0) is 10.9. The fourth-order valence-electron chi connectivity index (χ4n) is 1.12. The molecule has 0 saturated carbocycles. The highest BCUT2D eigenvalue weighted by Gasteiger charge is 1.99. The van der Waals surface area contributed by atoms with Crippen LogP contribution in [0, 0.1) is 0 Å². The van der Waals surface area contributed by atoms with Crippen LogP contribution in [0.4, 0.5) is 0 Å². The van der Waals surface area contributed by atoms with Gasteiger partial charge in [0.1, 0.15) is 0 Å². The number of carbonyl (C=O) groups is 1. The molecule has 0 aliphatic carbocycles. The maximum absolute atomic E-state index is 11.0. The van der Waals surface area contributed by atoms with Gasteiger partial charge in [0, 0.05) is 6.42 Å². The van der Waals surface area contributed by atoms with E-state index in [-0.39, 0.29) is 12.8 Å². The molecule has 1 aromatic carbocycles. The maximum Gasteiger partial charge on any atom is 0.307 e. The average molecular weight is 208 g/mol. The highest BCUT2D eigenvalue weighted by Crippen LogP contribution is 2.00. The van der Waals surface area contributed by atoms with E-state index in [1.807, 2.05) is 37.3 Å². The van der Waals surface area contributed by atoms with Gasteiger partial charge in [-0.25, -0.2) is 0 Å². The SMILES string of the molecule is CCCC(=O)OCOCc1ccccc1. The van der Waals surface area contributed by atoms with Crippen LogP contribution < -0.4 is 0 Å². The summed E-state index contributed by atoms with van der Waals surface area (Å²) in [5.74, 6) is -0.203. The molecule has 0 bridgehead atoms. The van der Waals surface area contributed by atoms with Crippen LogP contribution in [-0.4, -0.2) is 12.8 Å². The molecule has 1 rings (SSSR count). The summed E-state index contributed by atoms with van der Waals surface area (Å²) in [4.78, 5) is 11.0. The summed E-state index contributed by atoms with van der Waals surface area (Å²) in [6.45, 7) is 2.44. The third kappa shape index (κ3) is 5.18. The normalized spacial score (nSPS) is 9.93. The first-order valence-corrected chi connectivity index (χ1v) is 5.10. The second kappa shape index (κ2) is 7.01. The molecule has 0 amide bonds. The minimum Gasteiger partial charge on any atom is -0.438 e. The van der Waals surface area contributed by atoms with Gasteiger partial charge in [-0.05, 0) is 12.0 Å². The van der Waals surface area contributed by atoms with E-state index in [4.69, 9.17) is 9.47 Å². The predicted molar refractivity (Wildman–Crippen MR) is 57.1 cm³/mol. The molecular weight excluding hydrogens is 192 g/mol. The molecule has 0 N–H and O–H groups in total. The fourth-order valence-corrected chi connectivity index (χ4v) is 1.12. The highest BCUT2D eigenvalue weighted by atomic mass is 16.7. The topological polar surface area (TPSA) is 35.5 Å². The number of rotatable bonds is 6. The van der Waals surface area contributed by atoms with Gasteiger partial charge >= 0.3 is 5.97 Å². The number of benzene rings is 1. The lowest BCUT2D eigenvalue weighted by atomic mass is 10.2. The van der Waals surface area contributed by atoms with Crippen LogP contribution in [-0.2, 0) is 20.9 Å². The van der Waals surface area contributed by atoms with E-state index in [1.54, 1.807) is 0 Å². The van der Waals surface area contributed by atoms with Gasteiger partial charge < -0.3 is 9.47 Å². The maximum atomic E-state index is 11.0. The summed E-state index contributed by atoms with van der Waals surface area (Å²) in [5.41, 5.74) is 1.07.